The molecule has 0 aliphatic rings. The molecule has 2 aromatic carbocycles. The van der Waals surface area contributed by atoms with Gasteiger partial charge < -0.3 is 10.8 Å². The zero-order valence-electron chi connectivity index (χ0n) is 11.8. The molecule has 2 rings (SSSR count). The molecule has 0 saturated heterocycles. The first-order valence-electron chi connectivity index (χ1n) is 6.37. The van der Waals surface area contributed by atoms with Gasteiger partial charge in [-0.15, -0.1) is 0 Å². The van der Waals surface area contributed by atoms with Crippen molar-refractivity contribution in [3.05, 3.63) is 47.0 Å². The molecule has 0 aromatic heterocycles. The topological polar surface area (TPSA) is 75.3 Å². The second-order valence-electron chi connectivity index (χ2n) is 4.97. The first kappa shape index (κ1) is 13.9. The molecule has 0 aliphatic heterocycles. The number of nitrogens with two attached hydrogens (primary N) is 1. The molecule has 4 N–H and O–H groups in total. The Hall–Kier alpha value is -2.49. The van der Waals surface area contributed by atoms with Gasteiger partial charge in [-0.2, -0.15) is 0 Å². The van der Waals surface area contributed by atoms with Crippen LogP contribution in [0.5, 0.6) is 0 Å². The summed E-state index contributed by atoms with van der Waals surface area (Å²) in [7, 11) is 0. The van der Waals surface area contributed by atoms with Gasteiger partial charge in [0.2, 0.25) is 0 Å². The van der Waals surface area contributed by atoms with E-state index in [0.717, 1.165) is 22.3 Å². The molecule has 0 bridgehead atoms. The Morgan fingerprint density at radius 1 is 1.15 bits per heavy atom. The van der Waals surface area contributed by atoms with Gasteiger partial charge in [-0.25, -0.2) is 4.79 Å². The van der Waals surface area contributed by atoms with Crippen LogP contribution in [0.1, 0.15) is 16.7 Å². The van der Waals surface area contributed by atoms with Gasteiger partial charge in [0, 0.05) is 5.56 Å². The van der Waals surface area contributed by atoms with Crippen molar-refractivity contribution in [3.63, 3.8) is 0 Å². The highest BCUT2D eigenvalue weighted by Crippen LogP contribution is 2.37. The SMILES string of the molecule is Cc1cc(C)c(-c2cccc(N)c2NC(=O)O)c(C)c1. The maximum atomic E-state index is 11.0. The van der Waals surface area contributed by atoms with E-state index in [1.165, 1.54) is 5.56 Å². The number of anilines is 2. The van der Waals surface area contributed by atoms with Crippen molar-refractivity contribution >= 4 is 17.5 Å². The Labute approximate surface area is 118 Å². The van der Waals surface area contributed by atoms with E-state index in [1.54, 1.807) is 6.07 Å². The van der Waals surface area contributed by atoms with E-state index in [2.05, 4.69) is 17.4 Å². The number of carbonyl (C=O) groups is 1. The van der Waals surface area contributed by atoms with Crippen LogP contribution in [0.4, 0.5) is 16.2 Å². The largest absolute Gasteiger partial charge is 0.465 e. The molecule has 0 unspecified atom stereocenters. The third-order valence-electron chi connectivity index (χ3n) is 3.27. The van der Waals surface area contributed by atoms with Crippen LogP contribution >= 0.6 is 0 Å². The highest BCUT2D eigenvalue weighted by Gasteiger charge is 2.14. The van der Waals surface area contributed by atoms with Crippen LogP contribution in [0.2, 0.25) is 0 Å². The Morgan fingerprint density at radius 2 is 1.75 bits per heavy atom. The molecule has 0 saturated carbocycles. The van der Waals surface area contributed by atoms with Gasteiger partial charge in [0.25, 0.3) is 0 Å². The van der Waals surface area contributed by atoms with Crippen molar-refractivity contribution in [1.82, 2.24) is 0 Å². The van der Waals surface area contributed by atoms with Crippen LogP contribution in [-0.4, -0.2) is 11.2 Å². The number of nitrogens with one attached hydrogen (secondary N) is 1. The fourth-order valence-electron chi connectivity index (χ4n) is 2.63. The summed E-state index contributed by atoms with van der Waals surface area (Å²) >= 11 is 0. The number of hydrogen-bond acceptors (Lipinski definition) is 2. The van der Waals surface area contributed by atoms with Crippen LogP contribution in [0.25, 0.3) is 11.1 Å². The van der Waals surface area contributed by atoms with Gasteiger partial charge in [-0.05, 0) is 43.5 Å². The van der Waals surface area contributed by atoms with E-state index >= 15 is 0 Å². The minimum absolute atomic E-state index is 0.421. The summed E-state index contributed by atoms with van der Waals surface area (Å²) in [6.07, 6.45) is -1.12. The molecule has 0 spiro atoms. The van der Waals surface area contributed by atoms with Crippen molar-refractivity contribution < 1.29 is 9.90 Å². The lowest BCUT2D eigenvalue weighted by atomic mass is 9.92. The van der Waals surface area contributed by atoms with Gasteiger partial charge in [-0.1, -0.05) is 29.8 Å². The average Bonchev–Trinajstić information content (AvgIpc) is 2.31. The average molecular weight is 270 g/mol. The van der Waals surface area contributed by atoms with E-state index in [0.29, 0.717) is 11.4 Å². The monoisotopic (exact) mass is 270 g/mol. The number of para-hydroxylation sites is 1. The van der Waals surface area contributed by atoms with Crippen molar-refractivity contribution in [2.45, 2.75) is 20.8 Å². The first-order valence-corrected chi connectivity index (χ1v) is 6.37. The molecule has 2 aromatic rings. The first-order chi connectivity index (χ1) is 9.40. The molecule has 0 fully saturated rings. The van der Waals surface area contributed by atoms with Crippen LogP contribution in [0.15, 0.2) is 30.3 Å². The van der Waals surface area contributed by atoms with E-state index in [1.807, 2.05) is 32.9 Å². The molecule has 0 aliphatic carbocycles. The highest BCUT2D eigenvalue weighted by atomic mass is 16.4. The number of amides is 1. The Kier molecular flexibility index (Phi) is 3.66. The summed E-state index contributed by atoms with van der Waals surface area (Å²) in [4.78, 5) is 11.0. The summed E-state index contributed by atoms with van der Waals surface area (Å²) in [6, 6.07) is 9.56. The fourth-order valence-corrected chi connectivity index (χ4v) is 2.63. The Balaban J connectivity index is 2.70. The van der Waals surface area contributed by atoms with E-state index in [4.69, 9.17) is 10.8 Å². The minimum atomic E-state index is -1.12. The third-order valence-corrected chi connectivity index (χ3v) is 3.27. The zero-order valence-corrected chi connectivity index (χ0v) is 11.8. The van der Waals surface area contributed by atoms with Gasteiger partial charge in [0.05, 0.1) is 11.4 Å². The van der Waals surface area contributed by atoms with E-state index in [9.17, 15) is 4.79 Å². The minimum Gasteiger partial charge on any atom is -0.465 e. The van der Waals surface area contributed by atoms with E-state index < -0.39 is 6.09 Å². The number of nitrogen functional groups attached to an aromatic ring is 1. The van der Waals surface area contributed by atoms with Crippen LogP contribution in [0.3, 0.4) is 0 Å². The summed E-state index contributed by atoms with van der Waals surface area (Å²) in [5, 5.41) is 11.4. The van der Waals surface area contributed by atoms with Crippen molar-refractivity contribution in [2.75, 3.05) is 11.1 Å². The molecule has 104 valence electrons. The normalized spacial score (nSPS) is 10.3. The molecule has 4 nitrogen and oxygen atoms in total. The van der Waals surface area contributed by atoms with Gasteiger partial charge in [0.15, 0.2) is 0 Å². The third kappa shape index (κ3) is 2.59. The van der Waals surface area contributed by atoms with Gasteiger partial charge in [-0.3, -0.25) is 5.32 Å². The fraction of sp³-hybridized carbons (Fsp3) is 0.188. The lowest BCUT2D eigenvalue weighted by molar-refractivity contribution is 0.210. The Morgan fingerprint density at radius 3 is 2.30 bits per heavy atom. The molecule has 4 heteroatoms. The standard InChI is InChI=1S/C16H18N2O2/c1-9-7-10(2)14(11(3)8-9)12-5-4-6-13(17)15(12)18-16(19)20/h4-8,18H,17H2,1-3H3,(H,19,20). The summed E-state index contributed by atoms with van der Waals surface area (Å²) in [6.45, 7) is 6.08. The quantitative estimate of drug-likeness (QED) is 0.723. The lowest BCUT2D eigenvalue weighted by Gasteiger charge is -2.17. The number of aryl methyl sites for hydroxylation is 3. The molecule has 0 radical (unpaired) electrons. The smallest absolute Gasteiger partial charge is 0.409 e. The van der Waals surface area contributed by atoms with Gasteiger partial charge >= 0.3 is 6.09 Å². The molecule has 0 heterocycles. The molecular formula is C16H18N2O2. The highest BCUT2D eigenvalue weighted by molar-refractivity contribution is 5.97. The Bertz CT molecular complexity index is 655. The molecule has 1 amide bonds. The van der Waals surface area contributed by atoms with Crippen LogP contribution in [0, 0.1) is 20.8 Å². The van der Waals surface area contributed by atoms with Gasteiger partial charge in [0.1, 0.15) is 0 Å². The number of hydrogen-bond donors (Lipinski definition) is 3. The van der Waals surface area contributed by atoms with E-state index in [-0.39, 0.29) is 0 Å². The predicted octanol–water partition coefficient (Wildman–Crippen LogP) is 3.95. The number of benzene rings is 2. The lowest BCUT2D eigenvalue weighted by Crippen LogP contribution is -2.11. The molecular weight excluding hydrogens is 252 g/mol. The maximum absolute atomic E-state index is 11.0. The molecule has 20 heavy (non-hydrogen) atoms. The summed E-state index contributed by atoms with van der Waals surface area (Å²) < 4.78 is 0. The zero-order chi connectivity index (χ0) is 14.9. The van der Waals surface area contributed by atoms with Crippen molar-refractivity contribution in [1.29, 1.82) is 0 Å². The van der Waals surface area contributed by atoms with Crippen molar-refractivity contribution in [2.24, 2.45) is 0 Å². The summed E-state index contributed by atoms with van der Waals surface area (Å²) in [5.74, 6) is 0. The predicted molar refractivity (Wildman–Crippen MR) is 82.1 cm³/mol. The second-order valence-corrected chi connectivity index (χ2v) is 4.97. The van der Waals surface area contributed by atoms with Crippen LogP contribution < -0.4 is 11.1 Å². The number of carboxylic acid groups (broad SMARTS) is 1. The molecule has 0 atom stereocenters. The number of rotatable bonds is 2. The van der Waals surface area contributed by atoms with Crippen molar-refractivity contribution in [3.8, 4) is 11.1 Å². The van der Waals surface area contributed by atoms with Crippen LogP contribution in [-0.2, 0) is 0 Å². The summed E-state index contributed by atoms with van der Waals surface area (Å²) in [5.41, 5.74) is 12.0. The maximum Gasteiger partial charge on any atom is 0.409 e. The second kappa shape index (κ2) is 5.25.